The van der Waals surface area contributed by atoms with E-state index in [2.05, 4.69) is 20.9 Å². The van der Waals surface area contributed by atoms with Crippen LogP contribution >= 0.6 is 15.9 Å². The highest BCUT2D eigenvalue weighted by Crippen LogP contribution is 2.38. The number of pyridine rings is 1. The van der Waals surface area contributed by atoms with Crippen LogP contribution in [0.2, 0.25) is 0 Å². The minimum atomic E-state index is -1.21. The summed E-state index contributed by atoms with van der Waals surface area (Å²) >= 11 is 3.33. The molecule has 0 saturated carbocycles. The van der Waals surface area contributed by atoms with E-state index in [1.807, 2.05) is 13.0 Å². The molecule has 0 spiro atoms. The largest absolute Gasteiger partial charge is 0.497 e. The van der Waals surface area contributed by atoms with E-state index in [4.69, 9.17) is 5.11 Å². The van der Waals surface area contributed by atoms with Crippen molar-refractivity contribution in [2.24, 2.45) is 0 Å². The number of aryl methyl sites for hydroxylation is 1. The smallest absolute Gasteiger partial charge is 0.324 e. The molecule has 1 aromatic carbocycles. The third-order valence-corrected chi connectivity index (χ3v) is 3.46. The Labute approximate surface area is 142 Å². The molecule has 24 heavy (non-hydrogen) atoms. The van der Waals surface area contributed by atoms with Gasteiger partial charge in [0.1, 0.15) is 0 Å². The number of phenols is 1. The minimum absolute atomic E-state index is 0.447. The molecule has 0 aliphatic rings. The maximum Gasteiger partial charge on any atom is 0.324 e. The maximum absolute atomic E-state index is 10.4. The lowest BCUT2D eigenvalue weighted by atomic mass is 10.2. The van der Waals surface area contributed by atoms with Gasteiger partial charge >= 0.3 is 11.4 Å². The van der Waals surface area contributed by atoms with Gasteiger partial charge in [-0.2, -0.15) is 0 Å². The molecule has 0 atom stereocenters. The predicted octanol–water partition coefficient (Wildman–Crippen LogP) is 3.27. The van der Waals surface area contributed by atoms with Crippen LogP contribution in [0.25, 0.3) is 0 Å². The highest BCUT2D eigenvalue weighted by atomic mass is 79.9. The summed E-state index contributed by atoms with van der Waals surface area (Å²) in [5.74, 6) is -1.21. The lowest BCUT2D eigenvalue weighted by Crippen LogP contribution is -1.97. The number of hydrogen-bond donors (Lipinski definition) is 1. The van der Waals surface area contributed by atoms with Crippen LogP contribution < -0.4 is 0 Å². The van der Waals surface area contributed by atoms with E-state index in [0.717, 1.165) is 4.47 Å². The van der Waals surface area contributed by atoms with E-state index in [1.165, 1.54) is 5.56 Å². The highest BCUT2D eigenvalue weighted by Gasteiger charge is 2.30. The summed E-state index contributed by atoms with van der Waals surface area (Å²) in [7, 11) is 0. The third-order valence-electron chi connectivity index (χ3n) is 2.63. The van der Waals surface area contributed by atoms with Gasteiger partial charge in [0, 0.05) is 16.9 Å². The fourth-order valence-corrected chi connectivity index (χ4v) is 1.67. The molecule has 0 aliphatic heterocycles. The summed E-state index contributed by atoms with van der Waals surface area (Å²) in [6.07, 6.45) is 3.56. The Hall–Kier alpha value is -3.15. The zero-order valence-electron chi connectivity index (χ0n) is 12.0. The first kappa shape index (κ1) is 18.9. The SMILES string of the molecule is Cc1ccncc1Br.O=[N+]([O-])c1cc([N+](=O)[O-])c(O)c([N+](=O)[O-])c1. The number of benzene rings is 1. The number of nitro groups is 3. The van der Waals surface area contributed by atoms with Crippen LogP contribution in [0.1, 0.15) is 5.56 Å². The number of rotatable bonds is 3. The number of nitrogens with zero attached hydrogens (tertiary/aromatic N) is 4. The zero-order chi connectivity index (χ0) is 18.4. The van der Waals surface area contributed by atoms with Crippen LogP contribution in [-0.4, -0.2) is 24.9 Å². The number of non-ortho nitro benzene ring substituents is 1. The summed E-state index contributed by atoms with van der Waals surface area (Å²) in [6, 6.07) is 2.86. The quantitative estimate of drug-likeness (QED) is 0.605. The third kappa shape index (κ3) is 4.67. The van der Waals surface area contributed by atoms with Gasteiger partial charge < -0.3 is 5.11 Å². The van der Waals surface area contributed by atoms with Gasteiger partial charge in [-0.05, 0) is 34.5 Å². The molecule has 0 aliphatic carbocycles. The van der Waals surface area contributed by atoms with Crippen molar-refractivity contribution in [3.8, 4) is 5.75 Å². The monoisotopic (exact) mass is 400 g/mol. The number of aromatic nitrogens is 1. The molecule has 126 valence electrons. The first-order valence-electron chi connectivity index (χ1n) is 6.01. The highest BCUT2D eigenvalue weighted by molar-refractivity contribution is 9.10. The van der Waals surface area contributed by atoms with Crippen molar-refractivity contribution in [1.82, 2.24) is 4.98 Å². The van der Waals surface area contributed by atoms with Crippen LogP contribution in [-0.2, 0) is 0 Å². The van der Waals surface area contributed by atoms with E-state index in [-0.39, 0.29) is 0 Å². The van der Waals surface area contributed by atoms with E-state index >= 15 is 0 Å². The number of phenolic OH excluding ortho intramolecular Hbond substituents is 1. The lowest BCUT2D eigenvalue weighted by Gasteiger charge is -1.97. The van der Waals surface area contributed by atoms with Crippen molar-refractivity contribution in [1.29, 1.82) is 0 Å². The first-order valence-corrected chi connectivity index (χ1v) is 6.80. The minimum Gasteiger partial charge on any atom is -0.497 e. The molecule has 11 nitrogen and oxygen atoms in total. The summed E-state index contributed by atoms with van der Waals surface area (Å²) in [5.41, 5.74) is -1.78. The van der Waals surface area contributed by atoms with Gasteiger partial charge in [0.05, 0.1) is 26.9 Å². The van der Waals surface area contributed by atoms with Crippen molar-refractivity contribution in [3.05, 3.63) is 71.0 Å². The summed E-state index contributed by atoms with van der Waals surface area (Å²) < 4.78 is 1.07. The van der Waals surface area contributed by atoms with Gasteiger partial charge in [-0.25, -0.2) is 0 Å². The zero-order valence-corrected chi connectivity index (χ0v) is 13.5. The molecule has 1 heterocycles. The molecule has 2 aromatic rings. The van der Waals surface area contributed by atoms with Crippen molar-refractivity contribution < 1.29 is 19.9 Å². The second-order valence-electron chi connectivity index (χ2n) is 4.23. The van der Waals surface area contributed by atoms with Gasteiger partial charge in [-0.15, -0.1) is 0 Å². The number of nitro benzene ring substituents is 3. The Morgan fingerprint density at radius 1 is 1.04 bits per heavy atom. The Kier molecular flexibility index (Phi) is 6.23. The second-order valence-corrected chi connectivity index (χ2v) is 5.08. The summed E-state index contributed by atoms with van der Waals surface area (Å²) in [5, 5.41) is 40.2. The van der Waals surface area contributed by atoms with Crippen molar-refractivity contribution in [2.75, 3.05) is 0 Å². The maximum atomic E-state index is 10.4. The molecule has 0 radical (unpaired) electrons. The normalized spacial score (nSPS) is 9.58. The Balaban J connectivity index is 0.000000300. The first-order chi connectivity index (χ1) is 11.1. The molecule has 0 bridgehead atoms. The Morgan fingerprint density at radius 2 is 1.54 bits per heavy atom. The number of aromatic hydroxyl groups is 1. The van der Waals surface area contributed by atoms with Gasteiger partial charge in [-0.3, -0.25) is 35.3 Å². The van der Waals surface area contributed by atoms with Crippen molar-refractivity contribution >= 4 is 33.0 Å². The van der Waals surface area contributed by atoms with Gasteiger partial charge in [0.2, 0.25) is 0 Å². The predicted molar refractivity (Wildman–Crippen MR) is 84.7 cm³/mol. The number of halogens is 1. The van der Waals surface area contributed by atoms with Gasteiger partial charge in [0.15, 0.2) is 0 Å². The molecule has 1 N–H and O–H groups in total. The molecular weight excluding hydrogens is 392 g/mol. The molecule has 0 saturated heterocycles. The van der Waals surface area contributed by atoms with Crippen molar-refractivity contribution in [2.45, 2.75) is 6.92 Å². The van der Waals surface area contributed by atoms with Crippen molar-refractivity contribution in [3.63, 3.8) is 0 Å². The van der Waals surface area contributed by atoms with Crippen LogP contribution in [0.5, 0.6) is 5.75 Å². The van der Waals surface area contributed by atoms with E-state index in [9.17, 15) is 30.3 Å². The van der Waals surface area contributed by atoms with Gasteiger partial charge in [-0.1, -0.05) is 0 Å². The second kappa shape index (κ2) is 7.92. The summed E-state index contributed by atoms with van der Waals surface area (Å²) in [6.45, 7) is 2.03. The van der Waals surface area contributed by atoms with E-state index < -0.39 is 37.6 Å². The van der Waals surface area contributed by atoms with Gasteiger partial charge in [0.25, 0.3) is 11.4 Å². The fourth-order valence-electron chi connectivity index (χ4n) is 1.42. The van der Waals surface area contributed by atoms with Crippen LogP contribution in [0, 0.1) is 37.3 Å². The van der Waals surface area contributed by atoms with E-state index in [0.29, 0.717) is 12.1 Å². The number of hydrogen-bond acceptors (Lipinski definition) is 8. The molecular formula is C12H9BrN4O7. The molecule has 12 heteroatoms. The van der Waals surface area contributed by atoms with Crippen LogP contribution in [0.4, 0.5) is 17.1 Å². The Morgan fingerprint density at radius 3 is 1.83 bits per heavy atom. The average molecular weight is 401 g/mol. The molecule has 0 unspecified atom stereocenters. The topological polar surface area (TPSA) is 163 Å². The molecule has 0 fully saturated rings. The average Bonchev–Trinajstić information content (AvgIpc) is 2.50. The summed E-state index contributed by atoms with van der Waals surface area (Å²) in [4.78, 5) is 31.7. The fraction of sp³-hybridized carbons (Fsp3) is 0.0833. The molecule has 1 aromatic heterocycles. The standard InChI is InChI=1S/C6H6BrN.C6H3N3O7/c1-5-2-3-8-4-6(5)7;10-6-4(8(13)14)1-3(7(11)12)2-5(6)9(15)16/h2-4H,1H3;1-2,10H. The Bertz CT molecular complexity index is 756. The van der Waals surface area contributed by atoms with Crippen LogP contribution in [0.15, 0.2) is 35.1 Å². The molecule has 0 amide bonds. The lowest BCUT2D eigenvalue weighted by molar-refractivity contribution is -0.404. The van der Waals surface area contributed by atoms with E-state index in [1.54, 1.807) is 12.4 Å². The van der Waals surface area contributed by atoms with Crippen LogP contribution in [0.3, 0.4) is 0 Å². The molecule has 2 rings (SSSR count).